The van der Waals surface area contributed by atoms with Crippen LogP contribution < -0.4 is 16.2 Å². The fourth-order valence-corrected chi connectivity index (χ4v) is 1.99. The van der Waals surface area contributed by atoms with Gasteiger partial charge in [0.1, 0.15) is 0 Å². The molecule has 1 aliphatic carbocycles. The van der Waals surface area contributed by atoms with Gasteiger partial charge in [0.25, 0.3) is 5.69 Å². The highest BCUT2D eigenvalue weighted by atomic mass is 16.6. The molecule has 0 unspecified atom stereocenters. The van der Waals surface area contributed by atoms with Gasteiger partial charge in [0.2, 0.25) is 0 Å². The quantitative estimate of drug-likeness (QED) is 0.463. The number of benzene rings is 1. The second-order valence-electron chi connectivity index (χ2n) is 4.16. The number of nitro groups is 1. The molecule has 6 nitrogen and oxygen atoms in total. The van der Waals surface area contributed by atoms with Crippen molar-refractivity contribution < 1.29 is 4.92 Å². The van der Waals surface area contributed by atoms with E-state index in [1.807, 2.05) is 13.0 Å². The third-order valence-electron chi connectivity index (χ3n) is 2.94. The SMILES string of the molecule is CCN(c1cc(NN)cc([N+](=O)[O-])c1)C1CC1. The van der Waals surface area contributed by atoms with Crippen LogP contribution in [0.4, 0.5) is 17.1 Å². The highest BCUT2D eigenvalue weighted by Gasteiger charge is 2.29. The van der Waals surface area contributed by atoms with Crippen LogP contribution in [0.2, 0.25) is 0 Å². The molecule has 0 aromatic heterocycles. The van der Waals surface area contributed by atoms with Gasteiger partial charge in [0.05, 0.1) is 10.6 Å². The lowest BCUT2D eigenvalue weighted by atomic mass is 10.2. The molecule has 0 bridgehead atoms. The van der Waals surface area contributed by atoms with Gasteiger partial charge in [0.15, 0.2) is 0 Å². The maximum absolute atomic E-state index is 10.8. The smallest absolute Gasteiger partial charge is 0.273 e. The molecule has 0 amide bonds. The Kier molecular flexibility index (Phi) is 3.14. The van der Waals surface area contributed by atoms with Crippen molar-refractivity contribution in [3.05, 3.63) is 28.3 Å². The molecule has 1 saturated carbocycles. The highest BCUT2D eigenvalue weighted by molar-refractivity contribution is 5.64. The number of hydrazine groups is 1. The number of hydrogen-bond acceptors (Lipinski definition) is 5. The number of nitrogens with one attached hydrogen (secondary N) is 1. The lowest BCUT2D eigenvalue weighted by Crippen LogP contribution is -2.25. The Morgan fingerprint density at radius 3 is 2.71 bits per heavy atom. The molecule has 17 heavy (non-hydrogen) atoms. The predicted molar refractivity (Wildman–Crippen MR) is 66.9 cm³/mol. The van der Waals surface area contributed by atoms with Gasteiger partial charge in [-0.2, -0.15) is 0 Å². The van der Waals surface area contributed by atoms with Crippen molar-refractivity contribution in [2.45, 2.75) is 25.8 Å². The Hall–Kier alpha value is -1.82. The van der Waals surface area contributed by atoms with Crippen molar-refractivity contribution in [1.29, 1.82) is 0 Å². The monoisotopic (exact) mass is 236 g/mol. The number of rotatable bonds is 5. The molecule has 1 aliphatic rings. The van der Waals surface area contributed by atoms with E-state index in [4.69, 9.17) is 5.84 Å². The lowest BCUT2D eigenvalue weighted by molar-refractivity contribution is -0.384. The van der Waals surface area contributed by atoms with Crippen LogP contribution in [-0.2, 0) is 0 Å². The topological polar surface area (TPSA) is 84.4 Å². The molecule has 1 fully saturated rings. The average molecular weight is 236 g/mol. The zero-order valence-corrected chi connectivity index (χ0v) is 9.72. The van der Waals surface area contributed by atoms with E-state index in [-0.39, 0.29) is 5.69 Å². The van der Waals surface area contributed by atoms with Gasteiger partial charge < -0.3 is 10.3 Å². The van der Waals surface area contributed by atoms with Gasteiger partial charge in [-0.1, -0.05) is 0 Å². The minimum atomic E-state index is -0.398. The van der Waals surface area contributed by atoms with Crippen molar-refractivity contribution in [2.75, 3.05) is 16.9 Å². The van der Waals surface area contributed by atoms with Crippen LogP contribution in [0.25, 0.3) is 0 Å². The van der Waals surface area contributed by atoms with Gasteiger partial charge in [-0.3, -0.25) is 16.0 Å². The molecule has 6 heteroatoms. The van der Waals surface area contributed by atoms with Crippen LogP contribution in [0.1, 0.15) is 19.8 Å². The van der Waals surface area contributed by atoms with E-state index >= 15 is 0 Å². The van der Waals surface area contributed by atoms with E-state index in [1.165, 1.54) is 6.07 Å². The zero-order valence-electron chi connectivity index (χ0n) is 9.72. The highest BCUT2D eigenvalue weighted by Crippen LogP contribution is 2.34. The molecule has 1 aromatic rings. The summed E-state index contributed by atoms with van der Waals surface area (Å²) >= 11 is 0. The van der Waals surface area contributed by atoms with Crippen molar-refractivity contribution in [3.8, 4) is 0 Å². The summed E-state index contributed by atoms with van der Waals surface area (Å²) in [6.45, 7) is 2.89. The van der Waals surface area contributed by atoms with Crippen molar-refractivity contribution in [1.82, 2.24) is 0 Å². The van der Waals surface area contributed by atoms with Crippen molar-refractivity contribution in [2.24, 2.45) is 5.84 Å². The second-order valence-corrected chi connectivity index (χ2v) is 4.16. The molecule has 92 valence electrons. The molecule has 0 spiro atoms. The van der Waals surface area contributed by atoms with Crippen LogP contribution in [0.15, 0.2) is 18.2 Å². The molecule has 2 rings (SSSR count). The van der Waals surface area contributed by atoms with E-state index in [0.29, 0.717) is 11.7 Å². The van der Waals surface area contributed by atoms with Crippen molar-refractivity contribution >= 4 is 17.1 Å². The molecule has 3 N–H and O–H groups in total. The zero-order chi connectivity index (χ0) is 12.4. The fourth-order valence-electron chi connectivity index (χ4n) is 1.99. The summed E-state index contributed by atoms with van der Waals surface area (Å²) in [5.74, 6) is 5.33. The number of anilines is 2. The number of nitro benzene ring substituents is 1. The van der Waals surface area contributed by atoms with Gasteiger partial charge in [0, 0.05) is 30.4 Å². The van der Waals surface area contributed by atoms with E-state index in [0.717, 1.165) is 25.1 Å². The summed E-state index contributed by atoms with van der Waals surface area (Å²) < 4.78 is 0. The summed E-state index contributed by atoms with van der Waals surface area (Å²) in [6.07, 6.45) is 2.31. The molecule has 0 atom stereocenters. The third kappa shape index (κ3) is 2.47. The van der Waals surface area contributed by atoms with Crippen LogP contribution in [0.3, 0.4) is 0 Å². The van der Waals surface area contributed by atoms with Crippen LogP contribution in [0, 0.1) is 10.1 Å². The standard InChI is InChI=1S/C11H16N4O2/c1-2-14(9-3-4-9)10-5-8(13-12)6-11(7-10)15(16)17/h5-7,9,13H,2-4,12H2,1H3. The Morgan fingerprint density at radius 1 is 1.53 bits per heavy atom. The first-order valence-corrected chi connectivity index (χ1v) is 5.68. The first kappa shape index (κ1) is 11.7. The molecule has 1 aromatic carbocycles. The number of nitrogens with two attached hydrogens (primary N) is 1. The fraction of sp³-hybridized carbons (Fsp3) is 0.455. The predicted octanol–water partition coefficient (Wildman–Crippen LogP) is 1.87. The number of nitrogens with zero attached hydrogens (tertiary/aromatic N) is 2. The number of hydrogen-bond donors (Lipinski definition) is 2. The van der Waals surface area contributed by atoms with E-state index < -0.39 is 4.92 Å². The molecule has 0 aliphatic heterocycles. The van der Waals surface area contributed by atoms with Gasteiger partial charge in [-0.25, -0.2) is 0 Å². The Labute approximate surface area is 99.5 Å². The van der Waals surface area contributed by atoms with Gasteiger partial charge in [-0.05, 0) is 25.8 Å². The lowest BCUT2D eigenvalue weighted by Gasteiger charge is -2.23. The maximum atomic E-state index is 10.8. The van der Waals surface area contributed by atoms with Gasteiger partial charge >= 0.3 is 0 Å². The van der Waals surface area contributed by atoms with Crippen LogP contribution in [-0.4, -0.2) is 17.5 Å². The molecule has 0 radical (unpaired) electrons. The van der Waals surface area contributed by atoms with E-state index in [9.17, 15) is 10.1 Å². The maximum Gasteiger partial charge on any atom is 0.273 e. The second kappa shape index (κ2) is 4.58. The summed E-state index contributed by atoms with van der Waals surface area (Å²) in [5, 5.41) is 10.8. The van der Waals surface area contributed by atoms with Crippen molar-refractivity contribution in [3.63, 3.8) is 0 Å². The van der Waals surface area contributed by atoms with E-state index in [1.54, 1.807) is 6.07 Å². The number of non-ortho nitro benzene ring substituents is 1. The first-order chi connectivity index (χ1) is 8.15. The minimum Gasteiger partial charge on any atom is -0.369 e. The van der Waals surface area contributed by atoms with Crippen LogP contribution in [0.5, 0.6) is 0 Å². The molecule has 0 saturated heterocycles. The van der Waals surface area contributed by atoms with E-state index in [2.05, 4.69) is 10.3 Å². The Bertz CT molecular complexity index is 431. The third-order valence-corrected chi connectivity index (χ3v) is 2.94. The molecular weight excluding hydrogens is 220 g/mol. The normalized spacial score (nSPS) is 14.5. The minimum absolute atomic E-state index is 0.0644. The summed E-state index contributed by atoms with van der Waals surface area (Å²) in [6, 6.07) is 5.40. The average Bonchev–Trinajstić information content (AvgIpc) is 3.14. The first-order valence-electron chi connectivity index (χ1n) is 5.68. The van der Waals surface area contributed by atoms with Crippen LogP contribution >= 0.6 is 0 Å². The largest absolute Gasteiger partial charge is 0.369 e. The summed E-state index contributed by atoms with van der Waals surface area (Å²) in [5.41, 5.74) is 3.96. The summed E-state index contributed by atoms with van der Waals surface area (Å²) in [7, 11) is 0. The molecular formula is C11H16N4O2. The Morgan fingerprint density at radius 2 is 2.24 bits per heavy atom. The Balaban J connectivity index is 2.37. The van der Waals surface area contributed by atoms with Gasteiger partial charge in [-0.15, -0.1) is 0 Å². The summed E-state index contributed by atoms with van der Waals surface area (Å²) in [4.78, 5) is 12.6. The molecule has 0 heterocycles. The number of nitrogen functional groups attached to an aromatic ring is 1.